The monoisotopic (exact) mass is 354 g/mol. The summed E-state index contributed by atoms with van der Waals surface area (Å²) in [6.45, 7) is 4.80. The van der Waals surface area contributed by atoms with Crippen molar-refractivity contribution in [3.63, 3.8) is 0 Å². The molecule has 3 N–H and O–H groups in total. The molecule has 1 aromatic carbocycles. The SMILES string of the molecule is NC(=O)c1cc(NCC(C2CCOC2)N2CCCC2)nc2ccccc12. The maximum atomic E-state index is 11.9. The maximum absolute atomic E-state index is 11.9. The summed E-state index contributed by atoms with van der Waals surface area (Å²) in [6, 6.07) is 9.83. The van der Waals surface area contributed by atoms with Gasteiger partial charge in [0, 0.05) is 30.5 Å². The zero-order valence-corrected chi connectivity index (χ0v) is 15.0. The molecule has 26 heavy (non-hydrogen) atoms. The van der Waals surface area contributed by atoms with Gasteiger partial charge in [-0.15, -0.1) is 0 Å². The first-order chi connectivity index (χ1) is 12.7. The Hall–Kier alpha value is -2.18. The van der Waals surface area contributed by atoms with Crippen LogP contribution >= 0.6 is 0 Å². The highest BCUT2D eigenvalue weighted by atomic mass is 16.5. The topological polar surface area (TPSA) is 80.5 Å². The number of anilines is 1. The summed E-state index contributed by atoms with van der Waals surface area (Å²) < 4.78 is 5.63. The molecule has 1 aromatic heterocycles. The second-order valence-electron chi connectivity index (χ2n) is 7.25. The van der Waals surface area contributed by atoms with Gasteiger partial charge in [0.2, 0.25) is 5.91 Å². The second-order valence-corrected chi connectivity index (χ2v) is 7.25. The Morgan fingerprint density at radius 3 is 2.88 bits per heavy atom. The predicted octanol–water partition coefficient (Wildman–Crippen LogP) is 2.25. The van der Waals surface area contributed by atoms with Crippen LogP contribution in [0.4, 0.5) is 5.82 Å². The quantitative estimate of drug-likeness (QED) is 0.832. The summed E-state index contributed by atoms with van der Waals surface area (Å²) in [4.78, 5) is 19.1. The number of hydrogen-bond acceptors (Lipinski definition) is 5. The smallest absolute Gasteiger partial charge is 0.249 e. The molecule has 2 saturated heterocycles. The van der Waals surface area contributed by atoms with Gasteiger partial charge < -0.3 is 15.8 Å². The number of rotatable bonds is 6. The number of nitrogens with two attached hydrogens (primary N) is 1. The van der Waals surface area contributed by atoms with Gasteiger partial charge >= 0.3 is 0 Å². The molecule has 0 spiro atoms. The van der Waals surface area contributed by atoms with Crippen LogP contribution < -0.4 is 11.1 Å². The van der Waals surface area contributed by atoms with Crippen LogP contribution in [-0.4, -0.2) is 54.7 Å². The summed E-state index contributed by atoms with van der Waals surface area (Å²) in [5.74, 6) is 0.837. The van der Waals surface area contributed by atoms with Crippen molar-refractivity contribution in [3.05, 3.63) is 35.9 Å². The number of primary amides is 1. The van der Waals surface area contributed by atoms with Crippen LogP contribution in [0.25, 0.3) is 10.9 Å². The second kappa shape index (κ2) is 7.60. The van der Waals surface area contributed by atoms with E-state index >= 15 is 0 Å². The van der Waals surface area contributed by atoms with E-state index in [1.165, 1.54) is 12.8 Å². The van der Waals surface area contributed by atoms with Crippen LogP contribution in [0.5, 0.6) is 0 Å². The highest BCUT2D eigenvalue weighted by molar-refractivity contribution is 6.06. The molecule has 2 atom stereocenters. The molecule has 4 rings (SSSR count). The Bertz CT molecular complexity index is 766. The van der Waals surface area contributed by atoms with E-state index in [1.807, 2.05) is 24.3 Å². The third kappa shape index (κ3) is 3.52. The van der Waals surface area contributed by atoms with Crippen molar-refractivity contribution in [3.8, 4) is 0 Å². The van der Waals surface area contributed by atoms with Gasteiger partial charge in [-0.3, -0.25) is 9.69 Å². The number of nitrogens with zero attached hydrogens (tertiary/aromatic N) is 2. The van der Waals surface area contributed by atoms with Crippen molar-refractivity contribution in [1.29, 1.82) is 0 Å². The number of para-hydroxylation sites is 1. The lowest BCUT2D eigenvalue weighted by molar-refractivity contribution is 0.100. The molecule has 6 heteroatoms. The van der Waals surface area contributed by atoms with Crippen LogP contribution in [0.3, 0.4) is 0 Å². The Labute approximate surface area is 153 Å². The number of pyridine rings is 1. The Morgan fingerprint density at radius 1 is 1.35 bits per heavy atom. The average molecular weight is 354 g/mol. The number of hydrogen-bond donors (Lipinski definition) is 2. The van der Waals surface area contributed by atoms with Crippen LogP contribution in [0, 0.1) is 5.92 Å². The van der Waals surface area contributed by atoms with Crippen molar-refractivity contribution in [2.24, 2.45) is 11.7 Å². The number of aromatic nitrogens is 1. The lowest BCUT2D eigenvalue weighted by Crippen LogP contribution is -2.44. The van der Waals surface area contributed by atoms with E-state index in [9.17, 15) is 4.79 Å². The first-order valence-electron chi connectivity index (χ1n) is 9.47. The standard InChI is InChI=1S/C20H26N4O2/c21-20(25)16-11-19(23-17-6-2-1-5-15(16)17)22-12-18(14-7-10-26-13-14)24-8-3-4-9-24/h1-2,5-6,11,14,18H,3-4,7-10,12-13H2,(H2,21,25)(H,22,23). The van der Waals surface area contributed by atoms with Gasteiger partial charge in [0.25, 0.3) is 0 Å². The van der Waals surface area contributed by atoms with Crippen molar-refractivity contribution >= 4 is 22.6 Å². The van der Waals surface area contributed by atoms with E-state index in [-0.39, 0.29) is 0 Å². The summed E-state index contributed by atoms with van der Waals surface area (Å²) >= 11 is 0. The molecule has 2 aliphatic rings. The molecule has 2 aromatic rings. The molecule has 0 aliphatic carbocycles. The zero-order chi connectivity index (χ0) is 17.9. The number of ether oxygens (including phenoxy) is 1. The summed E-state index contributed by atoms with van der Waals surface area (Å²) in [5.41, 5.74) is 6.88. The number of nitrogens with one attached hydrogen (secondary N) is 1. The fraction of sp³-hybridized carbons (Fsp3) is 0.500. The summed E-state index contributed by atoms with van der Waals surface area (Å²) in [7, 11) is 0. The van der Waals surface area contributed by atoms with E-state index in [1.54, 1.807) is 6.07 Å². The van der Waals surface area contributed by atoms with Gasteiger partial charge in [-0.2, -0.15) is 0 Å². The highest BCUT2D eigenvalue weighted by Gasteiger charge is 2.31. The molecule has 2 aliphatic heterocycles. The zero-order valence-electron chi connectivity index (χ0n) is 15.0. The average Bonchev–Trinajstić information content (AvgIpc) is 3.35. The van der Waals surface area contributed by atoms with Crippen LogP contribution in [0.15, 0.2) is 30.3 Å². The number of amides is 1. The van der Waals surface area contributed by atoms with E-state index in [0.29, 0.717) is 23.3 Å². The number of fused-ring (bicyclic) bond motifs is 1. The number of likely N-dealkylation sites (tertiary alicyclic amines) is 1. The third-order valence-corrected chi connectivity index (χ3v) is 5.59. The number of benzene rings is 1. The molecule has 3 heterocycles. The summed E-state index contributed by atoms with van der Waals surface area (Å²) in [6.07, 6.45) is 3.65. The molecule has 0 bridgehead atoms. The van der Waals surface area contributed by atoms with Crippen molar-refractivity contribution in [2.75, 3.05) is 38.2 Å². The molecule has 138 valence electrons. The fourth-order valence-electron chi connectivity index (χ4n) is 4.20. The van der Waals surface area contributed by atoms with Crippen molar-refractivity contribution < 1.29 is 9.53 Å². The Balaban J connectivity index is 1.56. The first-order valence-corrected chi connectivity index (χ1v) is 9.47. The van der Waals surface area contributed by atoms with Gasteiger partial charge in [0.1, 0.15) is 5.82 Å². The molecular weight excluding hydrogens is 328 g/mol. The van der Waals surface area contributed by atoms with E-state index < -0.39 is 5.91 Å². The predicted molar refractivity (Wildman–Crippen MR) is 102 cm³/mol. The van der Waals surface area contributed by atoms with Crippen LogP contribution in [-0.2, 0) is 4.74 Å². The van der Waals surface area contributed by atoms with E-state index in [0.717, 1.165) is 50.2 Å². The minimum Gasteiger partial charge on any atom is -0.381 e. The lowest BCUT2D eigenvalue weighted by Gasteiger charge is -2.32. The third-order valence-electron chi connectivity index (χ3n) is 5.59. The largest absolute Gasteiger partial charge is 0.381 e. The van der Waals surface area contributed by atoms with Gasteiger partial charge in [0.05, 0.1) is 17.7 Å². The molecule has 2 unspecified atom stereocenters. The molecular formula is C20H26N4O2. The maximum Gasteiger partial charge on any atom is 0.249 e. The van der Waals surface area contributed by atoms with Crippen molar-refractivity contribution in [2.45, 2.75) is 25.3 Å². The van der Waals surface area contributed by atoms with Crippen molar-refractivity contribution in [1.82, 2.24) is 9.88 Å². The van der Waals surface area contributed by atoms with Gasteiger partial charge in [0.15, 0.2) is 0 Å². The first kappa shape index (κ1) is 17.2. The lowest BCUT2D eigenvalue weighted by atomic mass is 9.97. The molecule has 1 amide bonds. The Kier molecular flexibility index (Phi) is 5.04. The molecule has 6 nitrogen and oxygen atoms in total. The highest BCUT2D eigenvalue weighted by Crippen LogP contribution is 2.26. The summed E-state index contributed by atoms with van der Waals surface area (Å²) in [5, 5.41) is 4.27. The minimum atomic E-state index is -0.424. The molecule has 0 radical (unpaired) electrons. The van der Waals surface area contributed by atoms with E-state index in [4.69, 9.17) is 10.5 Å². The van der Waals surface area contributed by atoms with Crippen LogP contribution in [0.1, 0.15) is 29.6 Å². The molecule has 2 fully saturated rings. The fourth-order valence-corrected chi connectivity index (χ4v) is 4.20. The van der Waals surface area contributed by atoms with Gasteiger partial charge in [-0.25, -0.2) is 4.98 Å². The van der Waals surface area contributed by atoms with E-state index in [2.05, 4.69) is 15.2 Å². The molecule has 0 saturated carbocycles. The Morgan fingerprint density at radius 2 is 2.15 bits per heavy atom. The minimum absolute atomic E-state index is 0.424. The van der Waals surface area contributed by atoms with Crippen LogP contribution in [0.2, 0.25) is 0 Å². The van der Waals surface area contributed by atoms with Gasteiger partial charge in [-0.05, 0) is 44.5 Å². The number of carbonyl (C=O) groups excluding carboxylic acids is 1. The number of carbonyl (C=O) groups is 1. The van der Waals surface area contributed by atoms with Gasteiger partial charge in [-0.1, -0.05) is 18.2 Å². The normalized spacial score (nSPS) is 21.9.